The van der Waals surface area contributed by atoms with E-state index in [1.54, 1.807) is 24.3 Å². The van der Waals surface area contributed by atoms with Crippen molar-refractivity contribution in [3.05, 3.63) is 102 Å². The van der Waals surface area contributed by atoms with Gasteiger partial charge in [-0.25, -0.2) is 10.2 Å². The first-order valence-electron chi connectivity index (χ1n) is 10.7. The fourth-order valence-corrected chi connectivity index (χ4v) is 3.13. The number of hydrogen-bond acceptors (Lipinski definition) is 5. The van der Waals surface area contributed by atoms with Crippen LogP contribution in [0.25, 0.3) is 0 Å². The van der Waals surface area contributed by atoms with Crippen molar-refractivity contribution in [2.75, 3.05) is 11.9 Å². The average Bonchev–Trinajstić information content (AvgIpc) is 3.70. The van der Waals surface area contributed by atoms with Crippen LogP contribution in [0.3, 0.4) is 0 Å². The van der Waals surface area contributed by atoms with Gasteiger partial charge in [0.1, 0.15) is 0 Å². The van der Waals surface area contributed by atoms with Crippen molar-refractivity contribution < 1.29 is 19.1 Å². The van der Waals surface area contributed by atoms with E-state index in [0.717, 1.165) is 24.0 Å². The van der Waals surface area contributed by atoms with Crippen LogP contribution in [0.15, 0.2) is 90.0 Å². The van der Waals surface area contributed by atoms with Crippen molar-refractivity contribution in [1.82, 2.24) is 5.43 Å². The van der Waals surface area contributed by atoms with Gasteiger partial charge in [0.05, 0.1) is 11.3 Å². The lowest BCUT2D eigenvalue weighted by Crippen LogP contribution is -2.26. The van der Waals surface area contributed by atoms with Gasteiger partial charge >= 0.3 is 5.97 Å². The molecule has 1 fully saturated rings. The number of nitrogens with one attached hydrogen (secondary N) is 2. The third kappa shape index (κ3) is 6.13. The van der Waals surface area contributed by atoms with E-state index in [1.807, 2.05) is 60.7 Å². The number of amides is 2. The largest absolute Gasteiger partial charge is 0.452 e. The Morgan fingerprint density at radius 1 is 0.788 bits per heavy atom. The minimum Gasteiger partial charge on any atom is -0.452 e. The second kappa shape index (κ2) is 10.4. The number of carbonyl (C=O) groups excluding carboxylic acids is 3. The summed E-state index contributed by atoms with van der Waals surface area (Å²) in [5.41, 5.74) is 5.64. The van der Waals surface area contributed by atoms with Crippen LogP contribution < -0.4 is 10.7 Å². The van der Waals surface area contributed by atoms with Gasteiger partial charge in [0.25, 0.3) is 5.91 Å². The summed E-state index contributed by atoms with van der Waals surface area (Å²) in [4.78, 5) is 36.3. The molecule has 0 radical (unpaired) electrons. The summed E-state index contributed by atoms with van der Waals surface area (Å²) in [7, 11) is 0. The molecule has 0 bridgehead atoms. The lowest BCUT2D eigenvalue weighted by Gasteiger charge is -2.09. The SMILES string of the molecule is O=C(COC(=O)c1ccc(NC(=O)C2CC2)cc1)NN=C(c1ccccc1)c1ccccc1. The number of benzene rings is 3. The van der Waals surface area contributed by atoms with Crippen molar-refractivity contribution in [1.29, 1.82) is 0 Å². The molecule has 4 rings (SSSR count). The lowest BCUT2D eigenvalue weighted by molar-refractivity contribution is -0.124. The van der Waals surface area contributed by atoms with Gasteiger partial charge in [0.15, 0.2) is 6.61 Å². The third-order valence-electron chi connectivity index (χ3n) is 5.06. The van der Waals surface area contributed by atoms with Crippen molar-refractivity contribution in [3.63, 3.8) is 0 Å². The highest BCUT2D eigenvalue weighted by molar-refractivity contribution is 6.13. The number of nitrogens with zero attached hydrogens (tertiary/aromatic N) is 1. The van der Waals surface area contributed by atoms with Crippen molar-refractivity contribution in [3.8, 4) is 0 Å². The van der Waals surface area contributed by atoms with E-state index in [9.17, 15) is 14.4 Å². The van der Waals surface area contributed by atoms with Gasteiger partial charge in [-0.1, -0.05) is 60.7 Å². The second-order valence-corrected chi connectivity index (χ2v) is 7.64. The molecule has 1 saturated carbocycles. The Kier molecular flexibility index (Phi) is 6.90. The smallest absolute Gasteiger partial charge is 0.338 e. The fraction of sp³-hybridized carbons (Fsp3) is 0.154. The summed E-state index contributed by atoms with van der Waals surface area (Å²) >= 11 is 0. The molecule has 0 atom stereocenters. The second-order valence-electron chi connectivity index (χ2n) is 7.64. The highest BCUT2D eigenvalue weighted by atomic mass is 16.5. The average molecular weight is 441 g/mol. The Morgan fingerprint density at radius 2 is 1.36 bits per heavy atom. The summed E-state index contributed by atoms with van der Waals surface area (Å²) in [5.74, 6) is -1.10. The maximum atomic E-state index is 12.3. The van der Waals surface area contributed by atoms with Gasteiger partial charge in [-0.3, -0.25) is 9.59 Å². The molecule has 2 amide bonds. The van der Waals surface area contributed by atoms with Gasteiger partial charge in [-0.05, 0) is 37.1 Å². The van der Waals surface area contributed by atoms with E-state index in [4.69, 9.17) is 4.74 Å². The van der Waals surface area contributed by atoms with Gasteiger partial charge in [-0.15, -0.1) is 0 Å². The van der Waals surface area contributed by atoms with Crippen LogP contribution in [-0.4, -0.2) is 30.1 Å². The normalized spacial score (nSPS) is 12.4. The van der Waals surface area contributed by atoms with Crippen molar-refractivity contribution in [2.45, 2.75) is 12.8 Å². The molecular weight excluding hydrogens is 418 g/mol. The fourth-order valence-electron chi connectivity index (χ4n) is 3.13. The molecule has 1 aliphatic rings. The zero-order valence-electron chi connectivity index (χ0n) is 17.9. The molecule has 3 aromatic rings. The van der Waals surface area contributed by atoms with Gasteiger partial charge in [0.2, 0.25) is 5.91 Å². The van der Waals surface area contributed by atoms with E-state index < -0.39 is 18.5 Å². The molecule has 0 aliphatic heterocycles. The van der Waals surface area contributed by atoms with Gasteiger partial charge in [0, 0.05) is 22.7 Å². The zero-order valence-corrected chi connectivity index (χ0v) is 17.9. The first-order chi connectivity index (χ1) is 16.1. The topological polar surface area (TPSA) is 96.9 Å². The maximum Gasteiger partial charge on any atom is 0.338 e. The number of ether oxygens (including phenoxy) is 1. The van der Waals surface area contributed by atoms with Crippen LogP contribution in [0.1, 0.15) is 34.3 Å². The highest BCUT2D eigenvalue weighted by Crippen LogP contribution is 2.30. The summed E-state index contributed by atoms with van der Waals surface area (Å²) in [6.07, 6.45) is 1.83. The molecule has 0 spiro atoms. The summed E-state index contributed by atoms with van der Waals surface area (Å²) in [6, 6.07) is 25.3. The molecule has 0 saturated heterocycles. The Hall–Kier alpha value is -4.26. The molecule has 3 aromatic carbocycles. The molecule has 0 aromatic heterocycles. The molecule has 33 heavy (non-hydrogen) atoms. The van der Waals surface area contributed by atoms with E-state index in [2.05, 4.69) is 15.8 Å². The quantitative estimate of drug-likeness (QED) is 0.316. The standard InChI is InChI=1S/C26H23N3O4/c30-23(28-29-24(18-7-3-1-4-8-18)19-9-5-2-6-10-19)17-33-26(32)21-13-15-22(16-14-21)27-25(31)20-11-12-20/h1-10,13-16,20H,11-12,17H2,(H,27,31)(H,28,30). The highest BCUT2D eigenvalue weighted by Gasteiger charge is 2.29. The molecule has 166 valence electrons. The van der Waals surface area contributed by atoms with Crippen LogP contribution in [0.5, 0.6) is 0 Å². The van der Waals surface area contributed by atoms with E-state index in [-0.39, 0.29) is 17.4 Å². The molecular formula is C26H23N3O4. The maximum absolute atomic E-state index is 12.3. The predicted octanol–water partition coefficient (Wildman–Crippen LogP) is 3.76. The lowest BCUT2D eigenvalue weighted by atomic mass is 10.0. The van der Waals surface area contributed by atoms with Crippen LogP contribution in [0.4, 0.5) is 5.69 Å². The minimum absolute atomic E-state index is 0.00655. The van der Waals surface area contributed by atoms with Crippen molar-refractivity contribution >= 4 is 29.2 Å². The first kappa shape index (κ1) is 22.0. The van der Waals surface area contributed by atoms with Crippen molar-refractivity contribution in [2.24, 2.45) is 11.0 Å². The summed E-state index contributed by atoms with van der Waals surface area (Å²) in [5, 5.41) is 7.06. The van der Waals surface area contributed by atoms with E-state index in [0.29, 0.717) is 11.4 Å². The Morgan fingerprint density at radius 3 is 1.91 bits per heavy atom. The molecule has 1 aliphatic carbocycles. The van der Waals surface area contributed by atoms with E-state index >= 15 is 0 Å². The Balaban J connectivity index is 1.33. The van der Waals surface area contributed by atoms with Crippen LogP contribution in [0.2, 0.25) is 0 Å². The van der Waals surface area contributed by atoms with Gasteiger partial charge < -0.3 is 10.1 Å². The Labute approximate surface area is 191 Å². The molecule has 7 nitrogen and oxygen atoms in total. The van der Waals surface area contributed by atoms with Crippen LogP contribution in [-0.2, 0) is 14.3 Å². The number of hydrogen-bond donors (Lipinski definition) is 2. The number of anilines is 1. The summed E-state index contributed by atoms with van der Waals surface area (Å²) in [6.45, 7) is -0.473. The predicted molar refractivity (Wildman–Crippen MR) is 125 cm³/mol. The minimum atomic E-state index is -0.638. The van der Waals surface area contributed by atoms with Crippen LogP contribution >= 0.6 is 0 Å². The van der Waals surface area contributed by atoms with E-state index in [1.165, 1.54) is 0 Å². The first-order valence-corrected chi connectivity index (χ1v) is 10.7. The number of rotatable bonds is 8. The molecule has 0 heterocycles. The number of carbonyl (C=O) groups is 3. The Bertz CT molecular complexity index is 1110. The number of esters is 1. The van der Waals surface area contributed by atoms with Gasteiger partial charge in [-0.2, -0.15) is 5.10 Å². The van der Waals surface area contributed by atoms with Crippen LogP contribution in [0, 0.1) is 5.92 Å². The summed E-state index contributed by atoms with van der Waals surface area (Å²) < 4.78 is 5.10. The molecule has 7 heteroatoms. The molecule has 2 N–H and O–H groups in total. The zero-order chi connectivity index (χ0) is 23.0. The third-order valence-corrected chi connectivity index (χ3v) is 5.06. The number of hydrazone groups is 1. The monoisotopic (exact) mass is 441 g/mol. The molecule has 0 unspecified atom stereocenters.